The molecule has 1 aromatic heterocycles. The zero-order valence-corrected chi connectivity index (χ0v) is 40.1. The van der Waals surface area contributed by atoms with Crippen LogP contribution in [0.3, 0.4) is 0 Å². The van der Waals surface area contributed by atoms with E-state index in [2.05, 4.69) is 301 Å². The Morgan fingerprint density at radius 2 is 0.753 bits per heavy atom. The van der Waals surface area contributed by atoms with Crippen molar-refractivity contribution >= 4 is 49.6 Å². The van der Waals surface area contributed by atoms with Crippen LogP contribution in [0.25, 0.3) is 82.8 Å². The van der Waals surface area contributed by atoms with Gasteiger partial charge in [0.2, 0.25) is 0 Å². The summed E-state index contributed by atoms with van der Waals surface area (Å²) in [6.45, 7) is 0. The Hall–Kier alpha value is -9.50. The van der Waals surface area contributed by atoms with E-state index in [1.807, 2.05) is 0 Å². The highest BCUT2D eigenvalue weighted by atomic mass is 15.1. The molecule has 73 heavy (non-hydrogen) atoms. The van der Waals surface area contributed by atoms with Crippen LogP contribution in [0.2, 0.25) is 0 Å². The Bertz CT molecular complexity index is 4120. The first-order valence-corrected chi connectivity index (χ1v) is 25.2. The monoisotopic (exact) mass is 928 g/mol. The van der Waals surface area contributed by atoms with Crippen molar-refractivity contribution in [3.8, 4) is 50.2 Å². The van der Waals surface area contributed by atoms with E-state index in [1.165, 1.54) is 99.3 Å². The van der Waals surface area contributed by atoms with Crippen molar-refractivity contribution in [2.45, 2.75) is 5.41 Å². The van der Waals surface area contributed by atoms with E-state index in [1.54, 1.807) is 0 Å². The fraction of sp³-hybridized carbons (Fsp3) is 0.0141. The van der Waals surface area contributed by atoms with E-state index in [9.17, 15) is 0 Å². The molecule has 0 unspecified atom stereocenters. The van der Waals surface area contributed by atoms with Crippen molar-refractivity contribution in [3.63, 3.8) is 0 Å². The van der Waals surface area contributed by atoms with Gasteiger partial charge in [0.05, 0.1) is 16.4 Å². The van der Waals surface area contributed by atoms with E-state index in [0.717, 1.165) is 22.7 Å². The molecule has 0 aliphatic heterocycles. The second-order valence-electron chi connectivity index (χ2n) is 19.2. The fourth-order valence-corrected chi connectivity index (χ4v) is 11.9. The Labute approximate surface area is 426 Å². The summed E-state index contributed by atoms with van der Waals surface area (Å²) in [5, 5.41) is 4.92. The van der Waals surface area contributed by atoms with E-state index in [-0.39, 0.29) is 0 Å². The predicted molar refractivity (Wildman–Crippen MR) is 307 cm³/mol. The van der Waals surface area contributed by atoms with Gasteiger partial charge in [0.1, 0.15) is 0 Å². The Morgan fingerprint density at radius 1 is 0.274 bits per heavy atom. The van der Waals surface area contributed by atoms with Gasteiger partial charge >= 0.3 is 0 Å². The highest BCUT2D eigenvalue weighted by molar-refractivity contribution is 6.10. The van der Waals surface area contributed by atoms with Gasteiger partial charge in [-0.1, -0.05) is 224 Å². The molecule has 13 aromatic rings. The molecule has 0 fully saturated rings. The number of benzene rings is 12. The number of para-hydroxylation sites is 1. The van der Waals surface area contributed by atoms with Crippen molar-refractivity contribution in [2.24, 2.45) is 0 Å². The van der Waals surface area contributed by atoms with Gasteiger partial charge in [-0.2, -0.15) is 0 Å². The molecule has 12 aromatic carbocycles. The molecule has 1 aliphatic rings. The van der Waals surface area contributed by atoms with Gasteiger partial charge < -0.3 is 9.47 Å². The third-order valence-electron chi connectivity index (χ3n) is 15.3. The first-order chi connectivity index (χ1) is 36.2. The van der Waals surface area contributed by atoms with Crippen LogP contribution in [0.15, 0.2) is 291 Å². The van der Waals surface area contributed by atoms with Crippen LogP contribution in [0.1, 0.15) is 22.3 Å². The lowest BCUT2D eigenvalue weighted by molar-refractivity contribution is 0.767. The third-order valence-corrected chi connectivity index (χ3v) is 15.3. The van der Waals surface area contributed by atoms with Gasteiger partial charge in [0, 0.05) is 33.5 Å². The zero-order chi connectivity index (χ0) is 48.3. The summed E-state index contributed by atoms with van der Waals surface area (Å²) in [5.74, 6) is 0. The summed E-state index contributed by atoms with van der Waals surface area (Å²) in [6, 6.07) is 107. The average molecular weight is 929 g/mol. The molecular formula is C71H48N2. The van der Waals surface area contributed by atoms with Crippen molar-refractivity contribution in [1.29, 1.82) is 0 Å². The quantitative estimate of drug-likeness (QED) is 0.140. The highest BCUT2D eigenvalue weighted by Gasteiger charge is 2.46. The summed E-state index contributed by atoms with van der Waals surface area (Å²) in [5.41, 5.74) is 21.3. The van der Waals surface area contributed by atoms with Gasteiger partial charge in [-0.15, -0.1) is 0 Å². The van der Waals surface area contributed by atoms with Gasteiger partial charge in [0.15, 0.2) is 0 Å². The number of nitrogens with zero attached hydrogens (tertiary/aromatic N) is 2. The molecule has 0 bridgehead atoms. The lowest BCUT2D eigenvalue weighted by Crippen LogP contribution is -2.28. The summed E-state index contributed by atoms with van der Waals surface area (Å²) < 4.78 is 2.46. The maximum atomic E-state index is 2.46. The minimum atomic E-state index is -0.473. The molecule has 342 valence electrons. The first-order valence-electron chi connectivity index (χ1n) is 25.2. The smallest absolute Gasteiger partial charge is 0.0714 e. The number of hydrogen-bond acceptors (Lipinski definition) is 1. The molecule has 0 N–H and O–H groups in total. The van der Waals surface area contributed by atoms with E-state index in [0.29, 0.717) is 0 Å². The number of fused-ring (bicyclic) bond motifs is 7. The van der Waals surface area contributed by atoms with Crippen LogP contribution in [-0.4, -0.2) is 4.57 Å². The summed E-state index contributed by atoms with van der Waals surface area (Å²) in [6.07, 6.45) is 0. The normalized spacial score (nSPS) is 12.5. The molecule has 0 spiro atoms. The van der Waals surface area contributed by atoms with Gasteiger partial charge in [-0.05, 0) is 144 Å². The number of anilines is 3. The molecule has 1 heterocycles. The maximum absolute atomic E-state index is 2.46. The predicted octanol–water partition coefficient (Wildman–Crippen LogP) is 18.8. The fourth-order valence-electron chi connectivity index (χ4n) is 11.9. The molecule has 0 atom stereocenters. The van der Waals surface area contributed by atoms with E-state index < -0.39 is 5.41 Å². The molecule has 2 nitrogen and oxygen atoms in total. The number of aromatic nitrogens is 1. The molecule has 0 saturated heterocycles. The average Bonchev–Trinajstić information content (AvgIpc) is 3.96. The van der Waals surface area contributed by atoms with Gasteiger partial charge in [-0.3, -0.25) is 0 Å². The lowest BCUT2D eigenvalue weighted by Gasteiger charge is -2.34. The molecular weight excluding hydrogens is 881 g/mol. The minimum absolute atomic E-state index is 0.473. The Morgan fingerprint density at radius 3 is 1.42 bits per heavy atom. The van der Waals surface area contributed by atoms with Crippen molar-refractivity contribution in [2.75, 3.05) is 4.90 Å². The molecule has 2 heteroatoms. The van der Waals surface area contributed by atoms with Crippen LogP contribution in [0, 0.1) is 0 Å². The van der Waals surface area contributed by atoms with Crippen molar-refractivity contribution in [1.82, 2.24) is 4.57 Å². The maximum Gasteiger partial charge on any atom is 0.0714 e. The summed E-state index contributed by atoms with van der Waals surface area (Å²) >= 11 is 0. The number of rotatable bonds is 9. The lowest BCUT2D eigenvalue weighted by atomic mass is 9.67. The number of hydrogen-bond donors (Lipinski definition) is 0. The molecule has 1 aliphatic carbocycles. The van der Waals surface area contributed by atoms with Gasteiger partial charge in [-0.25, -0.2) is 0 Å². The van der Waals surface area contributed by atoms with Crippen LogP contribution in [-0.2, 0) is 5.41 Å². The molecule has 14 rings (SSSR count). The second-order valence-corrected chi connectivity index (χ2v) is 19.2. The van der Waals surface area contributed by atoms with Crippen molar-refractivity contribution < 1.29 is 0 Å². The van der Waals surface area contributed by atoms with Gasteiger partial charge in [0.25, 0.3) is 0 Å². The van der Waals surface area contributed by atoms with Crippen LogP contribution in [0.4, 0.5) is 17.1 Å². The Balaban J connectivity index is 0.808. The topological polar surface area (TPSA) is 8.17 Å². The van der Waals surface area contributed by atoms with Crippen molar-refractivity contribution in [3.05, 3.63) is 313 Å². The largest absolute Gasteiger partial charge is 0.310 e. The highest BCUT2D eigenvalue weighted by Crippen LogP contribution is 2.56. The first kappa shape index (κ1) is 42.4. The third kappa shape index (κ3) is 7.02. The van der Waals surface area contributed by atoms with Crippen LogP contribution >= 0.6 is 0 Å². The van der Waals surface area contributed by atoms with Crippen LogP contribution in [0.5, 0.6) is 0 Å². The van der Waals surface area contributed by atoms with E-state index in [4.69, 9.17) is 0 Å². The zero-order valence-electron chi connectivity index (χ0n) is 40.1. The summed E-state index contributed by atoms with van der Waals surface area (Å²) in [4.78, 5) is 2.35. The summed E-state index contributed by atoms with van der Waals surface area (Å²) in [7, 11) is 0. The standard InChI is InChI=1S/C71H48N2/c1-4-16-49(17-5-1)52-32-38-59(39-33-52)72(61-42-36-50-18-10-11-19-55(50)46-61)60-40-34-53(35-41-60)51-28-30-54(31-29-51)56-37-45-70-66(47-56)65-25-13-15-27-69(65)73(70)62-43-44-64-63-24-12-14-26-67(63)71(68(64)48-62,57-20-6-2-7-21-57)58-22-8-3-9-23-58/h1-48H. The second kappa shape index (κ2) is 17.4. The molecule has 0 saturated carbocycles. The molecule has 0 amide bonds. The SMILES string of the molecule is c1ccc(-c2ccc(N(c3ccc(-c4ccc(-c5ccc6c(c5)c5ccccc5n6-c5ccc6c(c5)C(c5ccccc5)(c5ccccc5)c5ccccc5-6)cc4)cc3)c3ccc4ccccc4c3)cc2)cc1. The Kier molecular flexibility index (Phi) is 10.1. The van der Waals surface area contributed by atoms with Crippen LogP contribution < -0.4 is 4.90 Å². The molecule has 0 radical (unpaired) electrons. The minimum Gasteiger partial charge on any atom is -0.310 e. The van der Waals surface area contributed by atoms with E-state index >= 15 is 0 Å².